The molecule has 30 heavy (non-hydrogen) atoms. The molecule has 0 saturated heterocycles. The van der Waals surface area contributed by atoms with Gasteiger partial charge in [0.2, 0.25) is 0 Å². The number of anilines is 1. The van der Waals surface area contributed by atoms with Gasteiger partial charge in [0.1, 0.15) is 24.1 Å². The molecule has 0 aliphatic rings. The zero-order chi connectivity index (χ0) is 21.7. The van der Waals surface area contributed by atoms with Crippen LogP contribution in [0.5, 0.6) is 11.5 Å². The van der Waals surface area contributed by atoms with Gasteiger partial charge in [0, 0.05) is 35.1 Å². The van der Waals surface area contributed by atoms with E-state index in [1.807, 2.05) is 50.2 Å². The molecule has 0 saturated carbocycles. The molecule has 0 aliphatic carbocycles. The Hall–Kier alpha value is -2.35. The molecule has 0 spiro atoms. The van der Waals surface area contributed by atoms with Crippen molar-refractivity contribution in [2.75, 3.05) is 33.4 Å². The van der Waals surface area contributed by atoms with Gasteiger partial charge >= 0.3 is 0 Å². The van der Waals surface area contributed by atoms with E-state index in [4.69, 9.17) is 23.9 Å². The quantitative estimate of drug-likeness (QED) is 0.414. The minimum Gasteiger partial charge on any atom is -0.497 e. The number of pyridine rings is 1. The molecule has 1 aromatic heterocycles. The fourth-order valence-electron chi connectivity index (χ4n) is 3.27. The van der Waals surface area contributed by atoms with Crippen molar-refractivity contribution in [1.82, 2.24) is 4.98 Å². The molecule has 0 atom stereocenters. The first-order valence-corrected chi connectivity index (χ1v) is 10.4. The normalized spacial score (nSPS) is 11.5. The van der Waals surface area contributed by atoms with Crippen LogP contribution in [-0.2, 0) is 21.6 Å². The second kappa shape index (κ2) is 9.64. The molecule has 0 radical (unpaired) electrons. The lowest BCUT2D eigenvalue weighted by Gasteiger charge is -2.27. The topological polar surface area (TPSA) is 61.8 Å². The van der Waals surface area contributed by atoms with E-state index >= 15 is 0 Å². The van der Waals surface area contributed by atoms with Crippen LogP contribution >= 0.6 is 15.9 Å². The Morgan fingerprint density at radius 2 is 1.83 bits per heavy atom. The highest BCUT2D eigenvalue weighted by molar-refractivity contribution is 9.10. The molecule has 0 fully saturated rings. The van der Waals surface area contributed by atoms with E-state index in [1.54, 1.807) is 21.3 Å². The average Bonchev–Trinajstić information content (AvgIpc) is 2.76. The summed E-state index contributed by atoms with van der Waals surface area (Å²) in [7, 11) is 4.91. The first-order chi connectivity index (χ1) is 14.4. The summed E-state index contributed by atoms with van der Waals surface area (Å²) in [5.41, 5.74) is 2.33. The van der Waals surface area contributed by atoms with E-state index in [9.17, 15) is 0 Å². The van der Waals surface area contributed by atoms with E-state index in [0.29, 0.717) is 6.54 Å². The van der Waals surface area contributed by atoms with Crippen molar-refractivity contribution in [3.63, 3.8) is 0 Å². The number of para-hydroxylation sites is 1. The minimum absolute atomic E-state index is 0.205. The fraction of sp³-hybridized carbons (Fsp3) is 0.348. The number of nitrogens with one attached hydrogen (secondary N) is 1. The summed E-state index contributed by atoms with van der Waals surface area (Å²) >= 11 is 3.63. The molecule has 2 aromatic carbocycles. The van der Waals surface area contributed by atoms with Crippen molar-refractivity contribution in [3.05, 3.63) is 58.1 Å². The number of rotatable bonds is 9. The van der Waals surface area contributed by atoms with Gasteiger partial charge in [0.15, 0.2) is 0 Å². The number of ether oxygens (including phenoxy) is 4. The molecule has 160 valence electrons. The molecular formula is C23H27BrN2O4. The Morgan fingerprint density at radius 1 is 1.03 bits per heavy atom. The van der Waals surface area contributed by atoms with Crippen LogP contribution in [0.3, 0.4) is 0 Å². The first kappa shape index (κ1) is 22.3. The summed E-state index contributed by atoms with van der Waals surface area (Å²) < 4.78 is 22.8. The SMILES string of the molecule is COCOC(C)(C)c1cc(NCc2ccc(OC)cc2OC)nc2c(Br)cccc12. The average molecular weight is 475 g/mol. The van der Waals surface area contributed by atoms with Gasteiger partial charge in [-0.2, -0.15) is 0 Å². The van der Waals surface area contributed by atoms with Crippen LogP contribution in [-0.4, -0.2) is 33.1 Å². The Bertz CT molecular complexity index is 1020. The van der Waals surface area contributed by atoms with Gasteiger partial charge in [0.05, 0.1) is 25.3 Å². The summed E-state index contributed by atoms with van der Waals surface area (Å²) in [6.07, 6.45) is 0. The third kappa shape index (κ3) is 4.86. The maximum absolute atomic E-state index is 5.97. The Labute approximate surface area is 185 Å². The number of methoxy groups -OCH3 is 3. The number of nitrogens with zero attached hydrogens (tertiary/aromatic N) is 1. The van der Waals surface area contributed by atoms with E-state index in [-0.39, 0.29) is 6.79 Å². The Balaban J connectivity index is 1.98. The van der Waals surface area contributed by atoms with Crippen LogP contribution in [0.2, 0.25) is 0 Å². The molecule has 3 rings (SSSR count). The predicted octanol–water partition coefficient (Wildman–Crippen LogP) is 5.48. The van der Waals surface area contributed by atoms with Crippen molar-refractivity contribution in [2.45, 2.75) is 26.0 Å². The van der Waals surface area contributed by atoms with Crippen LogP contribution in [0.4, 0.5) is 5.82 Å². The van der Waals surface area contributed by atoms with E-state index < -0.39 is 5.60 Å². The van der Waals surface area contributed by atoms with Crippen molar-refractivity contribution in [1.29, 1.82) is 0 Å². The second-order valence-electron chi connectivity index (χ2n) is 7.28. The lowest BCUT2D eigenvalue weighted by atomic mass is 9.94. The fourth-order valence-corrected chi connectivity index (χ4v) is 3.72. The van der Waals surface area contributed by atoms with Crippen LogP contribution in [0.1, 0.15) is 25.0 Å². The summed E-state index contributed by atoms with van der Waals surface area (Å²) in [5, 5.41) is 4.45. The molecule has 0 unspecified atom stereocenters. The number of aromatic nitrogens is 1. The number of hydrogen-bond acceptors (Lipinski definition) is 6. The molecule has 6 nitrogen and oxygen atoms in total. The van der Waals surface area contributed by atoms with Gasteiger partial charge in [-0.1, -0.05) is 12.1 Å². The zero-order valence-electron chi connectivity index (χ0n) is 17.9. The Morgan fingerprint density at radius 3 is 2.53 bits per heavy atom. The second-order valence-corrected chi connectivity index (χ2v) is 8.14. The van der Waals surface area contributed by atoms with Crippen LogP contribution in [0.15, 0.2) is 46.9 Å². The molecule has 0 bridgehead atoms. The van der Waals surface area contributed by atoms with Crippen molar-refractivity contribution >= 4 is 32.7 Å². The van der Waals surface area contributed by atoms with Crippen LogP contribution in [0.25, 0.3) is 10.9 Å². The maximum Gasteiger partial charge on any atom is 0.147 e. The predicted molar refractivity (Wildman–Crippen MR) is 122 cm³/mol. The third-order valence-electron chi connectivity index (χ3n) is 4.93. The molecule has 3 aromatic rings. The number of benzene rings is 2. The number of hydrogen-bond donors (Lipinski definition) is 1. The van der Waals surface area contributed by atoms with Crippen molar-refractivity contribution in [2.24, 2.45) is 0 Å². The minimum atomic E-state index is -0.563. The molecule has 7 heteroatoms. The lowest BCUT2D eigenvalue weighted by molar-refractivity contribution is -0.117. The van der Waals surface area contributed by atoms with Gasteiger partial charge in [-0.25, -0.2) is 4.98 Å². The standard InChI is InChI=1S/C23H27BrN2O4/c1-23(2,30-14-27-3)18-12-21(26-22-17(18)7-6-8-19(22)24)25-13-15-9-10-16(28-4)11-20(15)29-5/h6-12H,13-14H2,1-5H3,(H,25,26). The molecule has 0 amide bonds. The maximum atomic E-state index is 5.97. The summed E-state index contributed by atoms with van der Waals surface area (Å²) in [5.74, 6) is 2.26. The van der Waals surface area contributed by atoms with E-state index in [1.165, 1.54) is 0 Å². The molecule has 1 heterocycles. The van der Waals surface area contributed by atoms with Gasteiger partial charge < -0.3 is 24.3 Å². The highest BCUT2D eigenvalue weighted by Crippen LogP contribution is 2.35. The smallest absolute Gasteiger partial charge is 0.147 e. The van der Waals surface area contributed by atoms with Gasteiger partial charge in [-0.3, -0.25) is 0 Å². The monoisotopic (exact) mass is 474 g/mol. The summed E-state index contributed by atoms with van der Waals surface area (Å²) in [4.78, 5) is 4.82. The van der Waals surface area contributed by atoms with Gasteiger partial charge in [0.25, 0.3) is 0 Å². The lowest BCUT2D eigenvalue weighted by Crippen LogP contribution is -2.23. The molecule has 0 aliphatic heterocycles. The van der Waals surface area contributed by atoms with Gasteiger partial charge in [-0.05, 0) is 59.6 Å². The largest absolute Gasteiger partial charge is 0.497 e. The first-order valence-electron chi connectivity index (χ1n) is 9.57. The number of halogens is 1. The van der Waals surface area contributed by atoms with Gasteiger partial charge in [-0.15, -0.1) is 0 Å². The summed E-state index contributed by atoms with van der Waals surface area (Å²) in [6.45, 7) is 4.81. The van der Waals surface area contributed by atoms with Crippen molar-refractivity contribution < 1.29 is 18.9 Å². The zero-order valence-corrected chi connectivity index (χ0v) is 19.5. The third-order valence-corrected chi connectivity index (χ3v) is 5.57. The van der Waals surface area contributed by atoms with E-state index in [0.717, 1.165) is 43.8 Å². The highest BCUT2D eigenvalue weighted by Gasteiger charge is 2.25. The Kier molecular flexibility index (Phi) is 7.18. The highest BCUT2D eigenvalue weighted by atomic mass is 79.9. The molecule has 1 N–H and O–H groups in total. The summed E-state index contributed by atoms with van der Waals surface area (Å²) in [6, 6.07) is 13.8. The number of fused-ring (bicyclic) bond motifs is 1. The van der Waals surface area contributed by atoms with Crippen LogP contribution < -0.4 is 14.8 Å². The van der Waals surface area contributed by atoms with E-state index in [2.05, 4.69) is 27.3 Å². The molecular weight excluding hydrogens is 448 g/mol. The van der Waals surface area contributed by atoms with Crippen LogP contribution in [0, 0.1) is 0 Å². The van der Waals surface area contributed by atoms with Crippen molar-refractivity contribution in [3.8, 4) is 11.5 Å².